The molecule has 0 aromatic heterocycles. The summed E-state index contributed by atoms with van der Waals surface area (Å²) >= 11 is 3.29. The van der Waals surface area contributed by atoms with Gasteiger partial charge in [-0.25, -0.2) is 4.90 Å². The molecule has 2 aromatic carbocycles. The van der Waals surface area contributed by atoms with Gasteiger partial charge in [0, 0.05) is 17.1 Å². The summed E-state index contributed by atoms with van der Waals surface area (Å²) < 4.78 is 0.707. The fourth-order valence-electron chi connectivity index (χ4n) is 2.55. The third-order valence-electron chi connectivity index (χ3n) is 3.62. The van der Waals surface area contributed by atoms with Crippen LogP contribution in [0, 0.1) is 0 Å². The predicted molar refractivity (Wildman–Crippen MR) is 96.9 cm³/mol. The van der Waals surface area contributed by atoms with E-state index in [1.54, 1.807) is 48.5 Å². The van der Waals surface area contributed by atoms with E-state index in [9.17, 15) is 19.5 Å². The zero-order valence-corrected chi connectivity index (χ0v) is 14.7. The fourth-order valence-corrected chi connectivity index (χ4v) is 2.94. The summed E-state index contributed by atoms with van der Waals surface area (Å²) in [5, 5.41) is 12.8. The topological polar surface area (TPSA) is 86.7 Å². The molecule has 6 nitrogen and oxygen atoms in total. The molecule has 7 heteroatoms. The molecule has 3 rings (SSSR count). The number of nitrogens with zero attached hydrogens (tertiary/aromatic N) is 1. The monoisotopic (exact) mass is 400 g/mol. The van der Waals surface area contributed by atoms with Gasteiger partial charge < -0.3 is 10.4 Å². The van der Waals surface area contributed by atoms with Crippen molar-refractivity contribution in [2.45, 2.75) is 6.92 Å². The van der Waals surface area contributed by atoms with E-state index in [0.717, 1.165) is 4.90 Å². The Labute approximate surface area is 151 Å². The van der Waals surface area contributed by atoms with Crippen molar-refractivity contribution in [1.82, 2.24) is 0 Å². The van der Waals surface area contributed by atoms with E-state index in [0.29, 0.717) is 21.4 Å². The predicted octanol–water partition coefficient (Wildman–Crippen LogP) is 3.25. The zero-order chi connectivity index (χ0) is 18.1. The van der Waals surface area contributed by atoms with Gasteiger partial charge in [-0.05, 0) is 35.9 Å². The number of anilines is 2. The summed E-state index contributed by atoms with van der Waals surface area (Å²) in [4.78, 5) is 37.0. The molecule has 1 aliphatic rings. The number of rotatable bonds is 3. The Bertz CT molecular complexity index is 919. The van der Waals surface area contributed by atoms with Crippen molar-refractivity contribution in [3.05, 3.63) is 64.3 Å². The average Bonchev–Trinajstić information content (AvgIpc) is 2.78. The van der Waals surface area contributed by atoms with Crippen molar-refractivity contribution in [2.24, 2.45) is 0 Å². The molecule has 1 aliphatic heterocycles. The van der Waals surface area contributed by atoms with Crippen LogP contribution in [0.5, 0.6) is 0 Å². The summed E-state index contributed by atoms with van der Waals surface area (Å²) in [5.74, 6) is -2.20. The highest BCUT2D eigenvalue weighted by atomic mass is 79.9. The lowest BCUT2D eigenvalue weighted by molar-refractivity contribution is -0.121. The van der Waals surface area contributed by atoms with Crippen LogP contribution in [0.3, 0.4) is 0 Å². The lowest BCUT2D eigenvalue weighted by Gasteiger charge is -2.14. The molecule has 0 atom stereocenters. The van der Waals surface area contributed by atoms with Crippen molar-refractivity contribution in [3.63, 3.8) is 0 Å². The maximum Gasteiger partial charge on any atom is 0.301 e. The second kappa shape index (κ2) is 6.52. The highest BCUT2D eigenvalue weighted by Crippen LogP contribution is 2.33. The molecule has 25 heavy (non-hydrogen) atoms. The van der Waals surface area contributed by atoms with Crippen LogP contribution in [0.2, 0.25) is 0 Å². The number of nitrogens with one attached hydrogen (secondary N) is 1. The molecule has 0 fully saturated rings. The van der Waals surface area contributed by atoms with E-state index < -0.39 is 17.6 Å². The number of amides is 3. The molecule has 0 bridgehead atoms. The average molecular weight is 401 g/mol. The normalized spacial score (nSPS) is 14.2. The van der Waals surface area contributed by atoms with Gasteiger partial charge in [0.1, 0.15) is 0 Å². The summed E-state index contributed by atoms with van der Waals surface area (Å²) in [6, 6.07) is 13.0. The Morgan fingerprint density at radius 1 is 1.08 bits per heavy atom. The van der Waals surface area contributed by atoms with E-state index in [-0.39, 0.29) is 11.5 Å². The number of hydrogen-bond donors (Lipinski definition) is 2. The second-order valence-corrected chi connectivity index (χ2v) is 6.32. The van der Waals surface area contributed by atoms with E-state index in [2.05, 4.69) is 21.2 Å². The standard InChI is InChI=1S/C18H13BrN2O4/c1-10(22)20-13-7-5-11(6-8-13)15-16(23)18(25)21(17(15)24)14-4-2-3-12(19)9-14/h2-9,23H,1H3,(H,20,22). The van der Waals surface area contributed by atoms with Crippen LogP contribution in [0.15, 0.2) is 58.8 Å². The maximum atomic E-state index is 12.7. The Morgan fingerprint density at radius 2 is 1.76 bits per heavy atom. The fraction of sp³-hybridized carbons (Fsp3) is 0.0556. The summed E-state index contributed by atoms with van der Waals surface area (Å²) in [5.41, 5.74) is 1.24. The lowest BCUT2D eigenvalue weighted by atomic mass is 10.1. The minimum atomic E-state index is -0.774. The smallest absolute Gasteiger partial charge is 0.301 e. The van der Waals surface area contributed by atoms with Gasteiger partial charge in [0.2, 0.25) is 5.91 Å². The number of carbonyl (C=O) groups is 3. The largest absolute Gasteiger partial charge is 0.502 e. The van der Waals surface area contributed by atoms with Crippen molar-refractivity contribution in [3.8, 4) is 0 Å². The first-order chi connectivity index (χ1) is 11.9. The summed E-state index contributed by atoms with van der Waals surface area (Å²) in [6.07, 6.45) is 0. The van der Waals surface area contributed by atoms with Crippen LogP contribution >= 0.6 is 15.9 Å². The number of hydrogen-bond acceptors (Lipinski definition) is 4. The first-order valence-corrected chi connectivity index (χ1v) is 8.13. The van der Waals surface area contributed by atoms with Gasteiger partial charge in [0.15, 0.2) is 5.76 Å². The third kappa shape index (κ3) is 3.18. The van der Waals surface area contributed by atoms with Crippen molar-refractivity contribution in [1.29, 1.82) is 0 Å². The van der Waals surface area contributed by atoms with Gasteiger partial charge in [-0.3, -0.25) is 14.4 Å². The first kappa shape index (κ1) is 16.9. The number of halogens is 1. The minimum Gasteiger partial charge on any atom is -0.502 e. The molecule has 0 radical (unpaired) electrons. The van der Waals surface area contributed by atoms with Crippen molar-refractivity contribution in [2.75, 3.05) is 10.2 Å². The first-order valence-electron chi connectivity index (χ1n) is 7.34. The van der Waals surface area contributed by atoms with Gasteiger partial charge in [-0.1, -0.05) is 34.1 Å². The van der Waals surface area contributed by atoms with Crippen LogP contribution in [0.25, 0.3) is 5.57 Å². The van der Waals surface area contributed by atoms with Crippen LogP contribution in [0.1, 0.15) is 12.5 Å². The molecule has 0 spiro atoms. The van der Waals surface area contributed by atoms with Crippen LogP contribution < -0.4 is 10.2 Å². The van der Waals surface area contributed by atoms with Crippen LogP contribution in [-0.2, 0) is 14.4 Å². The van der Waals surface area contributed by atoms with Gasteiger partial charge >= 0.3 is 5.91 Å². The molecule has 2 aromatic rings. The van der Waals surface area contributed by atoms with Crippen molar-refractivity contribution < 1.29 is 19.5 Å². The van der Waals surface area contributed by atoms with Crippen molar-refractivity contribution >= 4 is 50.6 Å². The third-order valence-corrected chi connectivity index (χ3v) is 4.11. The van der Waals surface area contributed by atoms with Gasteiger partial charge in [0.25, 0.3) is 5.91 Å². The molecule has 0 saturated heterocycles. The van der Waals surface area contributed by atoms with E-state index in [4.69, 9.17) is 0 Å². The van der Waals surface area contributed by atoms with Gasteiger partial charge in [-0.15, -0.1) is 0 Å². The van der Waals surface area contributed by atoms with Crippen LogP contribution in [0.4, 0.5) is 11.4 Å². The van der Waals surface area contributed by atoms with E-state index in [1.807, 2.05) is 0 Å². The highest BCUT2D eigenvalue weighted by Gasteiger charge is 2.40. The Kier molecular flexibility index (Phi) is 4.41. The molecule has 0 aliphatic carbocycles. The molecule has 2 N–H and O–H groups in total. The molecule has 0 unspecified atom stereocenters. The van der Waals surface area contributed by atoms with E-state index >= 15 is 0 Å². The molecular formula is C18H13BrN2O4. The van der Waals surface area contributed by atoms with Gasteiger partial charge in [0.05, 0.1) is 11.3 Å². The Morgan fingerprint density at radius 3 is 2.36 bits per heavy atom. The summed E-state index contributed by atoms with van der Waals surface area (Å²) in [6.45, 7) is 1.39. The summed E-state index contributed by atoms with van der Waals surface area (Å²) in [7, 11) is 0. The van der Waals surface area contributed by atoms with E-state index in [1.165, 1.54) is 6.92 Å². The molecule has 3 amide bonds. The molecular weight excluding hydrogens is 388 g/mol. The number of benzene rings is 2. The molecule has 1 heterocycles. The quantitative estimate of drug-likeness (QED) is 0.774. The minimum absolute atomic E-state index is 0.0700. The second-order valence-electron chi connectivity index (χ2n) is 5.41. The Balaban J connectivity index is 1.96. The number of carbonyl (C=O) groups excluding carboxylic acids is 3. The number of aliphatic hydroxyl groups excluding tert-OH is 1. The maximum absolute atomic E-state index is 12.7. The zero-order valence-electron chi connectivity index (χ0n) is 13.1. The molecule has 126 valence electrons. The highest BCUT2D eigenvalue weighted by molar-refractivity contribution is 9.10. The van der Waals surface area contributed by atoms with Gasteiger partial charge in [-0.2, -0.15) is 0 Å². The number of imide groups is 1. The number of aliphatic hydroxyl groups is 1. The lowest BCUT2D eigenvalue weighted by Crippen LogP contribution is -2.31. The van der Waals surface area contributed by atoms with Crippen LogP contribution in [-0.4, -0.2) is 22.8 Å². The Hall–Kier alpha value is -2.93. The SMILES string of the molecule is CC(=O)Nc1ccc(C2=C(O)C(=O)N(c3cccc(Br)c3)C2=O)cc1. The molecule has 0 saturated carbocycles.